The summed E-state index contributed by atoms with van der Waals surface area (Å²) < 4.78 is 31.4. The van der Waals surface area contributed by atoms with E-state index in [1.54, 1.807) is 32.4 Å². The van der Waals surface area contributed by atoms with Crippen molar-refractivity contribution in [3.8, 4) is 22.6 Å². The quantitative estimate of drug-likeness (QED) is 0.541. The van der Waals surface area contributed by atoms with Crippen LogP contribution in [-0.4, -0.2) is 42.9 Å². The van der Waals surface area contributed by atoms with Gasteiger partial charge < -0.3 is 24.8 Å². The Balaban J connectivity index is 1.67. The number of ether oxygens (including phenoxy) is 3. The third-order valence-electron chi connectivity index (χ3n) is 5.30. The standard InChI is InChI=1S/C23H23FN4O5/c1-31-12-16-21(13-8-9-18(32-2)19(10-13)33-3)22-26-23(30)17(28(22)27-16)11-20(29)25-15-7-5-4-6-14(15)24/h4-10,17H,11-12H2,1-3H3,(H,25,29)(H,26,30). The molecule has 9 nitrogen and oxygen atoms in total. The zero-order chi connectivity index (χ0) is 23.5. The number of methoxy groups -OCH3 is 3. The highest BCUT2D eigenvalue weighted by atomic mass is 19.1. The van der Waals surface area contributed by atoms with Gasteiger partial charge in [-0.1, -0.05) is 18.2 Å². The second kappa shape index (κ2) is 9.29. The molecule has 2 aromatic carbocycles. The molecule has 1 aliphatic heterocycles. The fourth-order valence-corrected chi connectivity index (χ4v) is 3.79. The Kier molecular flexibility index (Phi) is 6.27. The molecular formula is C23H23FN4O5. The van der Waals surface area contributed by atoms with Gasteiger partial charge in [0, 0.05) is 7.11 Å². The van der Waals surface area contributed by atoms with Crippen LogP contribution in [-0.2, 0) is 20.9 Å². The van der Waals surface area contributed by atoms with E-state index in [9.17, 15) is 14.0 Å². The minimum Gasteiger partial charge on any atom is -0.493 e. The van der Waals surface area contributed by atoms with Gasteiger partial charge in [-0.05, 0) is 29.8 Å². The average Bonchev–Trinajstić information content (AvgIpc) is 3.30. The fraction of sp³-hybridized carbons (Fsp3) is 0.261. The van der Waals surface area contributed by atoms with Gasteiger partial charge in [-0.25, -0.2) is 9.07 Å². The first-order valence-electron chi connectivity index (χ1n) is 10.1. The summed E-state index contributed by atoms with van der Waals surface area (Å²) in [5.74, 6) is 0.0764. The van der Waals surface area contributed by atoms with E-state index in [1.807, 2.05) is 6.07 Å². The molecule has 0 saturated carbocycles. The van der Waals surface area contributed by atoms with Crippen LogP contribution >= 0.6 is 0 Å². The number of hydrogen-bond donors (Lipinski definition) is 2. The van der Waals surface area contributed by atoms with Crippen molar-refractivity contribution >= 4 is 23.3 Å². The molecule has 172 valence electrons. The van der Waals surface area contributed by atoms with Crippen molar-refractivity contribution in [3.05, 3.63) is 54.0 Å². The van der Waals surface area contributed by atoms with E-state index in [2.05, 4.69) is 15.7 Å². The van der Waals surface area contributed by atoms with Crippen molar-refractivity contribution in [2.75, 3.05) is 32.0 Å². The minimum atomic E-state index is -0.892. The summed E-state index contributed by atoms with van der Waals surface area (Å²) in [6.07, 6.45) is -0.216. The van der Waals surface area contributed by atoms with Crippen LogP contribution in [0.4, 0.5) is 15.9 Å². The topological polar surface area (TPSA) is 104 Å². The maximum Gasteiger partial charge on any atom is 0.251 e. The number of carbonyl (C=O) groups is 2. The number of amides is 2. The summed E-state index contributed by atoms with van der Waals surface area (Å²) in [5, 5.41) is 9.87. The van der Waals surface area contributed by atoms with Gasteiger partial charge in [0.2, 0.25) is 5.91 Å². The van der Waals surface area contributed by atoms with Crippen molar-refractivity contribution < 1.29 is 28.2 Å². The molecule has 0 radical (unpaired) electrons. The predicted octanol–water partition coefficient (Wildman–Crippen LogP) is 3.37. The number of halogens is 1. The first-order chi connectivity index (χ1) is 16.0. The monoisotopic (exact) mass is 454 g/mol. The maximum atomic E-state index is 13.9. The molecule has 1 aromatic heterocycles. The van der Waals surface area contributed by atoms with Crippen molar-refractivity contribution in [3.63, 3.8) is 0 Å². The van der Waals surface area contributed by atoms with E-state index < -0.39 is 17.8 Å². The van der Waals surface area contributed by atoms with Gasteiger partial charge in [0.15, 0.2) is 11.5 Å². The van der Waals surface area contributed by atoms with Gasteiger partial charge in [-0.15, -0.1) is 0 Å². The van der Waals surface area contributed by atoms with E-state index in [4.69, 9.17) is 14.2 Å². The van der Waals surface area contributed by atoms with Crippen molar-refractivity contribution in [2.45, 2.75) is 19.1 Å². The lowest BCUT2D eigenvalue weighted by Crippen LogP contribution is -2.24. The second-order valence-electron chi connectivity index (χ2n) is 7.35. The van der Waals surface area contributed by atoms with Crippen LogP contribution in [0.25, 0.3) is 11.1 Å². The van der Waals surface area contributed by atoms with E-state index in [0.29, 0.717) is 28.6 Å². The Morgan fingerprint density at radius 3 is 2.61 bits per heavy atom. The molecule has 1 unspecified atom stereocenters. The number of fused-ring (bicyclic) bond motifs is 1. The number of rotatable bonds is 8. The number of benzene rings is 2. The zero-order valence-corrected chi connectivity index (χ0v) is 18.3. The number of carbonyl (C=O) groups excluding carboxylic acids is 2. The van der Waals surface area contributed by atoms with Crippen LogP contribution in [0.2, 0.25) is 0 Å². The summed E-state index contributed by atoms with van der Waals surface area (Å²) in [7, 11) is 4.62. The molecule has 0 spiro atoms. The maximum absolute atomic E-state index is 13.9. The molecule has 1 aliphatic rings. The molecule has 1 atom stereocenters. The first kappa shape index (κ1) is 22.3. The highest BCUT2D eigenvalue weighted by Crippen LogP contribution is 2.41. The Labute approximate surface area is 189 Å². The lowest BCUT2D eigenvalue weighted by Gasteiger charge is -2.11. The van der Waals surface area contributed by atoms with Gasteiger partial charge in [-0.3, -0.25) is 9.59 Å². The van der Waals surface area contributed by atoms with Crippen molar-refractivity contribution in [2.24, 2.45) is 0 Å². The third kappa shape index (κ3) is 4.24. The number of anilines is 2. The molecule has 4 rings (SSSR count). The molecule has 2 N–H and O–H groups in total. The normalized spacial score (nSPS) is 14.5. The molecule has 2 amide bonds. The number of nitrogens with zero attached hydrogens (tertiary/aromatic N) is 2. The van der Waals surface area contributed by atoms with Gasteiger partial charge in [-0.2, -0.15) is 5.10 Å². The summed E-state index contributed by atoms with van der Waals surface area (Å²) >= 11 is 0. The molecular weight excluding hydrogens is 431 g/mol. The largest absolute Gasteiger partial charge is 0.493 e. The molecule has 0 saturated heterocycles. The lowest BCUT2D eigenvalue weighted by atomic mass is 10.0. The van der Waals surface area contributed by atoms with Gasteiger partial charge in [0.05, 0.1) is 44.2 Å². The SMILES string of the molecule is COCc1nn2c(c1-c1ccc(OC)c(OC)c1)NC(=O)C2CC(=O)Nc1ccccc1F. The second-order valence-corrected chi connectivity index (χ2v) is 7.35. The minimum absolute atomic E-state index is 0.0488. The molecule has 2 heterocycles. The zero-order valence-electron chi connectivity index (χ0n) is 18.3. The van der Waals surface area contributed by atoms with Crippen LogP contribution in [0, 0.1) is 5.82 Å². The first-order valence-corrected chi connectivity index (χ1v) is 10.1. The highest BCUT2D eigenvalue weighted by Gasteiger charge is 2.37. The Hall–Kier alpha value is -3.92. The van der Waals surface area contributed by atoms with E-state index in [1.165, 1.54) is 30.0 Å². The third-order valence-corrected chi connectivity index (χ3v) is 5.30. The summed E-state index contributed by atoms with van der Waals surface area (Å²) in [6.45, 7) is 0.188. The van der Waals surface area contributed by atoms with Crippen molar-refractivity contribution in [1.82, 2.24) is 9.78 Å². The van der Waals surface area contributed by atoms with Gasteiger partial charge in [0.1, 0.15) is 17.7 Å². The summed E-state index contributed by atoms with van der Waals surface area (Å²) in [6, 6.07) is 10.3. The molecule has 3 aromatic rings. The Morgan fingerprint density at radius 1 is 1.15 bits per heavy atom. The van der Waals surface area contributed by atoms with Crippen LogP contribution < -0.4 is 20.1 Å². The predicted molar refractivity (Wildman–Crippen MR) is 119 cm³/mol. The van der Waals surface area contributed by atoms with Crippen LogP contribution in [0.15, 0.2) is 42.5 Å². The van der Waals surface area contributed by atoms with E-state index in [0.717, 1.165) is 5.56 Å². The Bertz CT molecular complexity index is 1210. The smallest absolute Gasteiger partial charge is 0.251 e. The van der Waals surface area contributed by atoms with Gasteiger partial charge in [0.25, 0.3) is 5.91 Å². The Morgan fingerprint density at radius 2 is 1.91 bits per heavy atom. The summed E-state index contributed by atoms with van der Waals surface area (Å²) in [4.78, 5) is 25.3. The van der Waals surface area contributed by atoms with E-state index in [-0.39, 0.29) is 24.6 Å². The fourth-order valence-electron chi connectivity index (χ4n) is 3.79. The van der Waals surface area contributed by atoms with Crippen LogP contribution in [0.5, 0.6) is 11.5 Å². The molecule has 0 fully saturated rings. The molecule has 0 bridgehead atoms. The number of nitrogens with one attached hydrogen (secondary N) is 2. The average molecular weight is 454 g/mol. The molecule has 0 aliphatic carbocycles. The number of aromatic nitrogens is 2. The highest BCUT2D eigenvalue weighted by molar-refractivity contribution is 6.04. The van der Waals surface area contributed by atoms with Crippen molar-refractivity contribution in [1.29, 1.82) is 0 Å². The van der Waals surface area contributed by atoms with Gasteiger partial charge >= 0.3 is 0 Å². The molecule has 10 heteroatoms. The number of para-hydroxylation sites is 1. The number of hydrogen-bond acceptors (Lipinski definition) is 6. The van der Waals surface area contributed by atoms with Crippen LogP contribution in [0.1, 0.15) is 18.2 Å². The van der Waals surface area contributed by atoms with E-state index >= 15 is 0 Å². The lowest BCUT2D eigenvalue weighted by molar-refractivity contribution is -0.123. The summed E-state index contributed by atoms with van der Waals surface area (Å²) in [5.41, 5.74) is 2.02. The molecule has 33 heavy (non-hydrogen) atoms. The van der Waals surface area contributed by atoms with Crippen LogP contribution in [0.3, 0.4) is 0 Å².